The number of hydrogen-bond donors (Lipinski definition) is 2. The Balaban J connectivity index is 1.76. The molecule has 2 fully saturated rings. The highest BCUT2D eigenvalue weighted by Gasteiger charge is 2.49. The molecular weight excluding hydrogens is 340 g/mol. The Labute approximate surface area is 163 Å². The molecule has 0 aromatic heterocycles. The third-order valence-electron chi connectivity index (χ3n) is 6.90. The lowest BCUT2D eigenvalue weighted by Crippen LogP contribution is -2.58. The van der Waals surface area contributed by atoms with Gasteiger partial charge in [0.05, 0.1) is 26.7 Å². The van der Waals surface area contributed by atoms with Gasteiger partial charge in [-0.25, -0.2) is 0 Å². The zero-order valence-electron chi connectivity index (χ0n) is 16.8. The van der Waals surface area contributed by atoms with E-state index in [1.54, 1.807) is 0 Å². The fourth-order valence-electron chi connectivity index (χ4n) is 5.02. The number of aliphatic hydroxyl groups excluding tert-OH is 1. The highest BCUT2D eigenvalue weighted by Crippen LogP contribution is 2.42. The Morgan fingerprint density at radius 2 is 1.70 bits per heavy atom. The fourth-order valence-corrected chi connectivity index (χ4v) is 5.02. The molecule has 1 aromatic rings. The van der Waals surface area contributed by atoms with E-state index >= 15 is 0 Å². The predicted octanol–water partition coefficient (Wildman–Crippen LogP) is 2.12. The molecule has 0 spiro atoms. The first-order valence-electron chi connectivity index (χ1n) is 10.4. The van der Waals surface area contributed by atoms with Crippen LogP contribution in [0.4, 0.5) is 0 Å². The van der Waals surface area contributed by atoms with Crippen LogP contribution < -0.4 is 0 Å². The molecule has 1 saturated heterocycles. The second-order valence-electron chi connectivity index (χ2n) is 8.86. The average Bonchev–Trinajstić information content (AvgIpc) is 3.23. The molecule has 1 amide bonds. The van der Waals surface area contributed by atoms with Crippen LogP contribution in [0.1, 0.15) is 44.1 Å². The van der Waals surface area contributed by atoms with E-state index in [9.17, 15) is 15.0 Å². The number of carbonyl (C=O) groups excluding carboxylic acids is 1. The smallest absolute Gasteiger partial charge is 0.259 e. The highest BCUT2D eigenvalue weighted by atomic mass is 16.3. The van der Waals surface area contributed by atoms with E-state index in [1.165, 1.54) is 0 Å². The van der Waals surface area contributed by atoms with E-state index in [-0.39, 0.29) is 18.4 Å². The summed E-state index contributed by atoms with van der Waals surface area (Å²) < 4.78 is 0.782. The lowest BCUT2D eigenvalue weighted by Gasteiger charge is -2.44. The van der Waals surface area contributed by atoms with Crippen molar-refractivity contribution in [1.29, 1.82) is 0 Å². The molecule has 5 nitrogen and oxygen atoms in total. The van der Waals surface area contributed by atoms with Gasteiger partial charge in [-0.05, 0) is 18.4 Å². The highest BCUT2D eigenvalue weighted by molar-refractivity contribution is 5.87. The minimum Gasteiger partial charge on any atom is -0.391 e. The molecule has 0 unspecified atom stereocenters. The van der Waals surface area contributed by atoms with E-state index < -0.39 is 5.60 Å². The van der Waals surface area contributed by atoms with Gasteiger partial charge < -0.3 is 19.6 Å². The maximum atomic E-state index is 13.5. The maximum absolute atomic E-state index is 13.5. The number of amides is 1. The molecular formula is C22H35N2O3+. The second kappa shape index (κ2) is 8.29. The van der Waals surface area contributed by atoms with Crippen LogP contribution in [0.5, 0.6) is 0 Å². The third kappa shape index (κ3) is 4.05. The van der Waals surface area contributed by atoms with Crippen molar-refractivity contribution in [3.05, 3.63) is 35.9 Å². The molecule has 27 heavy (non-hydrogen) atoms. The number of benzene rings is 1. The second-order valence-corrected chi connectivity index (χ2v) is 8.86. The molecule has 5 heteroatoms. The molecule has 150 valence electrons. The zero-order chi connectivity index (χ0) is 19.5. The summed E-state index contributed by atoms with van der Waals surface area (Å²) in [6, 6.07) is 9.97. The Kier molecular flexibility index (Phi) is 6.24. The van der Waals surface area contributed by atoms with Gasteiger partial charge in [-0.1, -0.05) is 43.2 Å². The van der Waals surface area contributed by atoms with Crippen molar-refractivity contribution >= 4 is 5.91 Å². The van der Waals surface area contributed by atoms with E-state index in [4.69, 9.17) is 0 Å². The Bertz CT molecular complexity index is 620. The van der Waals surface area contributed by atoms with Crippen molar-refractivity contribution in [2.24, 2.45) is 5.92 Å². The van der Waals surface area contributed by atoms with Crippen molar-refractivity contribution in [2.45, 2.75) is 50.2 Å². The lowest BCUT2D eigenvalue weighted by atomic mass is 9.78. The van der Waals surface area contributed by atoms with Crippen LogP contribution >= 0.6 is 0 Å². The number of hydrogen-bond acceptors (Lipinski definition) is 3. The standard InChI is InChI=1S/C22H35N2O3/c1-24(2,16-17-25)20-12-14-23(15-13-20)21(26)22(27,19-10-6-7-11-19)18-8-4-3-5-9-18/h3-5,8-9,19-20,25,27H,6-7,10-17H2,1-2H3/q+1/t22-/m0/s1. The molecule has 1 aliphatic carbocycles. The van der Waals surface area contributed by atoms with Crippen LogP contribution in [0, 0.1) is 5.92 Å². The van der Waals surface area contributed by atoms with Crippen molar-refractivity contribution < 1.29 is 19.5 Å². The number of rotatable bonds is 6. The number of quaternary nitrogens is 1. The van der Waals surface area contributed by atoms with Crippen LogP contribution in [-0.4, -0.2) is 71.9 Å². The summed E-state index contributed by atoms with van der Waals surface area (Å²) in [7, 11) is 4.30. The van der Waals surface area contributed by atoms with E-state index in [0.29, 0.717) is 19.1 Å². The van der Waals surface area contributed by atoms with Crippen LogP contribution in [-0.2, 0) is 10.4 Å². The maximum Gasteiger partial charge on any atom is 0.259 e. The predicted molar refractivity (Wildman–Crippen MR) is 106 cm³/mol. The van der Waals surface area contributed by atoms with Gasteiger partial charge in [-0.15, -0.1) is 0 Å². The minimum absolute atomic E-state index is 0.00624. The summed E-state index contributed by atoms with van der Waals surface area (Å²) in [5.41, 5.74) is -0.666. The fraction of sp³-hybridized carbons (Fsp3) is 0.682. The molecule has 1 aliphatic heterocycles. The van der Waals surface area contributed by atoms with E-state index in [2.05, 4.69) is 14.1 Å². The first kappa shape index (κ1) is 20.3. The first-order valence-corrected chi connectivity index (χ1v) is 10.4. The number of likely N-dealkylation sites (tertiary alicyclic amines) is 1. The Morgan fingerprint density at radius 1 is 1.11 bits per heavy atom. The zero-order valence-corrected chi connectivity index (χ0v) is 16.8. The number of aliphatic hydroxyl groups is 2. The van der Waals surface area contributed by atoms with Crippen LogP contribution in [0.25, 0.3) is 0 Å². The van der Waals surface area contributed by atoms with Crippen molar-refractivity contribution in [3.8, 4) is 0 Å². The molecule has 2 aliphatic rings. The summed E-state index contributed by atoms with van der Waals surface area (Å²) in [4.78, 5) is 15.4. The van der Waals surface area contributed by atoms with Gasteiger partial charge in [0, 0.05) is 31.8 Å². The van der Waals surface area contributed by atoms with Crippen LogP contribution in [0.2, 0.25) is 0 Å². The summed E-state index contributed by atoms with van der Waals surface area (Å²) in [6.45, 7) is 2.27. The van der Waals surface area contributed by atoms with E-state index in [0.717, 1.165) is 55.1 Å². The quantitative estimate of drug-likeness (QED) is 0.749. The van der Waals surface area contributed by atoms with Gasteiger partial charge in [0.25, 0.3) is 5.91 Å². The van der Waals surface area contributed by atoms with Crippen molar-refractivity contribution in [1.82, 2.24) is 4.90 Å². The largest absolute Gasteiger partial charge is 0.391 e. The molecule has 0 bridgehead atoms. The molecule has 3 rings (SSSR count). The third-order valence-corrected chi connectivity index (χ3v) is 6.90. The SMILES string of the molecule is C[N+](C)(CCO)C1CCN(C(=O)[C@](O)(c2ccccc2)C2CCCC2)CC1. The molecule has 1 heterocycles. The monoisotopic (exact) mass is 375 g/mol. The van der Waals surface area contributed by atoms with Crippen LogP contribution in [0.15, 0.2) is 30.3 Å². The number of nitrogens with zero attached hydrogens (tertiary/aromatic N) is 2. The van der Waals surface area contributed by atoms with Gasteiger partial charge in [0.1, 0.15) is 6.54 Å². The molecule has 1 atom stereocenters. The average molecular weight is 376 g/mol. The van der Waals surface area contributed by atoms with Gasteiger partial charge in [0.2, 0.25) is 0 Å². The number of carbonyl (C=O) groups is 1. The van der Waals surface area contributed by atoms with E-state index in [1.807, 2.05) is 35.2 Å². The summed E-state index contributed by atoms with van der Waals surface area (Å²) >= 11 is 0. The summed E-state index contributed by atoms with van der Waals surface area (Å²) in [6.07, 6.45) is 5.81. The summed E-state index contributed by atoms with van der Waals surface area (Å²) in [5, 5.41) is 21.0. The Morgan fingerprint density at radius 3 is 2.26 bits per heavy atom. The van der Waals surface area contributed by atoms with Gasteiger partial charge in [-0.2, -0.15) is 0 Å². The summed E-state index contributed by atoms with van der Waals surface area (Å²) in [5.74, 6) is -0.113. The first-order chi connectivity index (χ1) is 12.9. The number of likely N-dealkylation sites (N-methyl/N-ethyl adjacent to an activating group) is 1. The van der Waals surface area contributed by atoms with Crippen molar-refractivity contribution in [3.63, 3.8) is 0 Å². The molecule has 1 aromatic carbocycles. The number of piperidine rings is 1. The topological polar surface area (TPSA) is 60.8 Å². The van der Waals surface area contributed by atoms with Gasteiger partial charge in [-0.3, -0.25) is 4.79 Å². The van der Waals surface area contributed by atoms with Crippen molar-refractivity contribution in [2.75, 3.05) is 40.3 Å². The van der Waals surface area contributed by atoms with Gasteiger partial charge >= 0.3 is 0 Å². The minimum atomic E-state index is -1.40. The van der Waals surface area contributed by atoms with Gasteiger partial charge in [0.15, 0.2) is 5.60 Å². The Hall–Kier alpha value is -1.43. The lowest BCUT2D eigenvalue weighted by molar-refractivity contribution is -0.916. The molecule has 1 saturated carbocycles. The van der Waals surface area contributed by atoms with Crippen LogP contribution in [0.3, 0.4) is 0 Å². The molecule has 2 N–H and O–H groups in total. The normalized spacial score (nSPS) is 22.0. The molecule has 0 radical (unpaired) electrons.